The Morgan fingerprint density at radius 2 is 1.85 bits per heavy atom. The zero-order valence-electron chi connectivity index (χ0n) is 18.0. The lowest BCUT2D eigenvalue weighted by atomic mass is 10.0. The SMILES string of the molecule is CON1CC(c2c(Cl)cccc2Cl)=Cc2cnc(Nc3ccc(CN4CC(O)C4)cc3)nc21. The molecule has 2 aliphatic rings. The van der Waals surface area contributed by atoms with E-state index >= 15 is 0 Å². The van der Waals surface area contributed by atoms with E-state index in [9.17, 15) is 5.11 Å². The number of β-amino-alcohol motifs (C(OH)–C–C–N with tert-alkyl or cyclic N) is 1. The van der Waals surface area contributed by atoms with Crippen LogP contribution in [0.15, 0.2) is 48.7 Å². The number of halogens is 2. The van der Waals surface area contributed by atoms with Crippen LogP contribution < -0.4 is 10.4 Å². The highest BCUT2D eigenvalue weighted by molar-refractivity contribution is 6.38. The number of fused-ring (bicyclic) bond motifs is 1. The number of rotatable bonds is 6. The third-order valence-electron chi connectivity index (χ3n) is 5.73. The first kappa shape index (κ1) is 22.1. The van der Waals surface area contributed by atoms with Crippen molar-refractivity contribution >= 4 is 52.3 Å². The summed E-state index contributed by atoms with van der Waals surface area (Å²) in [4.78, 5) is 16.9. The van der Waals surface area contributed by atoms with Gasteiger partial charge in [0.2, 0.25) is 5.95 Å². The van der Waals surface area contributed by atoms with Gasteiger partial charge in [0.1, 0.15) is 0 Å². The minimum absolute atomic E-state index is 0.189. The van der Waals surface area contributed by atoms with Gasteiger partial charge in [-0.15, -0.1) is 0 Å². The Bertz CT molecular complexity index is 1180. The zero-order chi connectivity index (χ0) is 22.9. The highest BCUT2D eigenvalue weighted by atomic mass is 35.5. The molecule has 7 nitrogen and oxygen atoms in total. The molecule has 170 valence electrons. The summed E-state index contributed by atoms with van der Waals surface area (Å²) in [5, 5.41) is 15.5. The molecule has 3 heterocycles. The average Bonchev–Trinajstić information content (AvgIpc) is 2.79. The fraction of sp³-hybridized carbons (Fsp3) is 0.250. The van der Waals surface area contributed by atoms with Crippen molar-refractivity contribution in [3.8, 4) is 0 Å². The topological polar surface area (TPSA) is 73.8 Å². The van der Waals surface area contributed by atoms with Crippen molar-refractivity contribution in [2.45, 2.75) is 12.6 Å². The van der Waals surface area contributed by atoms with E-state index in [1.54, 1.807) is 18.4 Å². The molecule has 2 aromatic carbocycles. The molecule has 0 unspecified atom stereocenters. The van der Waals surface area contributed by atoms with E-state index < -0.39 is 0 Å². The van der Waals surface area contributed by atoms with Gasteiger partial charge in [0.25, 0.3) is 0 Å². The zero-order valence-corrected chi connectivity index (χ0v) is 19.5. The fourth-order valence-corrected chi connectivity index (χ4v) is 4.71. The Morgan fingerprint density at radius 1 is 1.12 bits per heavy atom. The van der Waals surface area contributed by atoms with Crippen molar-refractivity contribution in [1.82, 2.24) is 14.9 Å². The Balaban J connectivity index is 1.35. The van der Waals surface area contributed by atoms with Crippen LogP contribution in [-0.4, -0.2) is 52.8 Å². The average molecular weight is 484 g/mol. The van der Waals surface area contributed by atoms with Crippen molar-refractivity contribution in [3.05, 3.63) is 75.4 Å². The molecule has 1 fully saturated rings. The Hall–Kier alpha value is -2.68. The molecule has 0 amide bonds. The highest BCUT2D eigenvalue weighted by Crippen LogP contribution is 2.37. The van der Waals surface area contributed by atoms with Gasteiger partial charge < -0.3 is 10.4 Å². The van der Waals surface area contributed by atoms with E-state index in [1.807, 2.05) is 36.4 Å². The summed E-state index contributed by atoms with van der Waals surface area (Å²) in [7, 11) is 1.60. The lowest BCUT2D eigenvalue weighted by molar-refractivity contribution is -0.00286. The maximum atomic E-state index is 9.43. The van der Waals surface area contributed by atoms with E-state index in [0.29, 0.717) is 28.4 Å². The third kappa shape index (κ3) is 4.69. The molecular weight excluding hydrogens is 461 g/mol. The smallest absolute Gasteiger partial charge is 0.229 e. The second-order valence-electron chi connectivity index (χ2n) is 8.13. The number of nitrogens with zero attached hydrogens (tertiary/aromatic N) is 4. The number of aromatic nitrogens is 2. The molecule has 0 spiro atoms. The summed E-state index contributed by atoms with van der Waals surface area (Å²) >= 11 is 12.8. The van der Waals surface area contributed by atoms with Crippen LogP contribution in [0.25, 0.3) is 11.6 Å². The van der Waals surface area contributed by atoms with E-state index in [2.05, 4.69) is 32.3 Å². The van der Waals surface area contributed by atoms with Gasteiger partial charge in [0.05, 0.1) is 19.8 Å². The summed E-state index contributed by atoms with van der Waals surface area (Å²) < 4.78 is 0. The summed E-state index contributed by atoms with van der Waals surface area (Å²) in [6.07, 6.45) is 3.55. The maximum Gasteiger partial charge on any atom is 0.229 e. The van der Waals surface area contributed by atoms with E-state index in [1.165, 1.54) is 5.56 Å². The minimum Gasteiger partial charge on any atom is -0.390 e. The Labute approximate surface area is 202 Å². The van der Waals surface area contributed by atoms with Gasteiger partial charge >= 0.3 is 0 Å². The van der Waals surface area contributed by atoms with E-state index in [-0.39, 0.29) is 6.10 Å². The van der Waals surface area contributed by atoms with Gasteiger partial charge in [-0.05, 0) is 41.5 Å². The van der Waals surface area contributed by atoms with Gasteiger partial charge in [-0.3, -0.25) is 9.74 Å². The molecule has 0 aliphatic carbocycles. The first-order chi connectivity index (χ1) is 16.0. The van der Waals surface area contributed by atoms with Crippen molar-refractivity contribution in [1.29, 1.82) is 0 Å². The summed E-state index contributed by atoms with van der Waals surface area (Å²) in [5.74, 6) is 1.14. The van der Waals surface area contributed by atoms with Crippen molar-refractivity contribution in [2.24, 2.45) is 0 Å². The molecule has 0 atom stereocenters. The second kappa shape index (κ2) is 9.29. The van der Waals surface area contributed by atoms with Crippen LogP contribution in [0.5, 0.6) is 0 Å². The highest BCUT2D eigenvalue weighted by Gasteiger charge is 2.25. The molecular formula is C24H23Cl2N5O2. The van der Waals surface area contributed by atoms with Gasteiger partial charge in [0, 0.05) is 52.7 Å². The predicted molar refractivity (Wildman–Crippen MR) is 132 cm³/mol. The molecule has 1 aromatic heterocycles. The lowest BCUT2D eigenvalue weighted by Crippen LogP contribution is -2.49. The molecule has 9 heteroatoms. The maximum absolute atomic E-state index is 9.43. The third-order valence-corrected chi connectivity index (χ3v) is 6.36. The second-order valence-corrected chi connectivity index (χ2v) is 8.94. The molecule has 0 saturated carbocycles. The van der Waals surface area contributed by atoms with Crippen molar-refractivity contribution in [3.63, 3.8) is 0 Å². The summed E-state index contributed by atoms with van der Waals surface area (Å²) in [6.45, 7) is 2.75. The van der Waals surface area contributed by atoms with Crippen molar-refractivity contribution < 1.29 is 9.94 Å². The fourth-order valence-electron chi connectivity index (χ4n) is 4.07. The number of benzene rings is 2. The number of hydroxylamine groups is 1. The van der Waals surface area contributed by atoms with Gasteiger partial charge in [-0.25, -0.2) is 10.0 Å². The number of anilines is 3. The standard InChI is InChI=1S/C24H23Cl2N5O2/c1-33-31-12-17(22-20(25)3-2-4-21(22)26)9-16-10-27-24(29-23(16)31)28-18-7-5-15(6-8-18)11-30-13-19(32)14-30/h2-10,19,32H,11-14H2,1H3,(H,27,28,29). The molecule has 2 aliphatic heterocycles. The number of hydrogen-bond acceptors (Lipinski definition) is 7. The Morgan fingerprint density at radius 3 is 2.52 bits per heavy atom. The molecule has 3 aromatic rings. The van der Waals surface area contributed by atoms with Crippen LogP contribution >= 0.6 is 23.2 Å². The van der Waals surface area contributed by atoms with Crippen LogP contribution in [0.2, 0.25) is 10.0 Å². The minimum atomic E-state index is -0.189. The lowest BCUT2D eigenvalue weighted by Gasteiger charge is -2.35. The number of aliphatic hydroxyl groups is 1. The summed E-state index contributed by atoms with van der Waals surface area (Å²) in [6, 6.07) is 13.6. The number of aliphatic hydroxyl groups excluding tert-OH is 1. The van der Waals surface area contributed by atoms with Gasteiger partial charge in [0.15, 0.2) is 5.82 Å². The molecule has 2 N–H and O–H groups in total. The number of likely N-dealkylation sites (tertiary alicyclic amines) is 1. The number of nitrogens with one attached hydrogen (secondary N) is 1. The molecule has 33 heavy (non-hydrogen) atoms. The Kier molecular flexibility index (Phi) is 6.23. The van der Waals surface area contributed by atoms with Gasteiger partial charge in [-0.2, -0.15) is 4.98 Å². The van der Waals surface area contributed by atoms with Crippen LogP contribution in [0.1, 0.15) is 16.7 Å². The normalized spacial score (nSPS) is 16.2. The molecule has 5 rings (SSSR count). The largest absolute Gasteiger partial charge is 0.390 e. The monoisotopic (exact) mass is 483 g/mol. The van der Waals surface area contributed by atoms with Crippen LogP contribution in [0.3, 0.4) is 0 Å². The molecule has 0 radical (unpaired) electrons. The first-order valence-electron chi connectivity index (χ1n) is 10.6. The van der Waals surface area contributed by atoms with Crippen molar-refractivity contribution in [2.75, 3.05) is 37.1 Å². The molecule has 1 saturated heterocycles. The van der Waals surface area contributed by atoms with Crippen LogP contribution in [-0.2, 0) is 11.4 Å². The summed E-state index contributed by atoms with van der Waals surface area (Å²) in [5.41, 5.74) is 4.60. The quantitative estimate of drug-likeness (QED) is 0.529. The molecule has 0 bridgehead atoms. The van der Waals surface area contributed by atoms with Crippen LogP contribution in [0.4, 0.5) is 17.5 Å². The van der Waals surface area contributed by atoms with E-state index in [0.717, 1.165) is 42.0 Å². The first-order valence-corrected chi connectivity index (χ1v) is 11.4. The van der Waals surface area contributed by atoms with E-state index in [4.69, 9.17) is 28.0 Å². The van der Waals surface area contributed by atoms with Crippen LogP contribution in [0, 0.1) is 0 Å². The van der Waals surface area contributed by atoms with Gasteiger partial charge in [-0.1, -0.05) is 41.4 Å². The number of hydrogen-bond donors (Lipinski definition) is 2. The predicted octanol–water partition coefficient (Wildman–Crippen LogP) is 4.63.